The fourth-order valence-electron chi connectivity index (χ4n) is 7.15. The molecule has 0 fully saturated rings. The van der Waals surface area contributed by atoms with E-state index in [4.69, 9.17) is 0 Å². The summed E-state index contributed by atoms with van der Waals surface area (Å²) in [5, 5.41) is 14.7. The molecule has 0 amide bonds. The summed E-state index contributed by atoms with van der Waals surface area (Å²) in [7, 11) is 0. The molecule has 7 aromatic carbocycles. The minimum absolute atomic E-state index is 0.647. The van der Waals surface area contributed by atoms with Crippen LogP contribution in [0.4, 0.5) is 0 Å². The number of nitriles is 1. The number of nitrogens with zero attached hydrogens (tertiary/aromatic N) is 3. The first-order valence-electron chi connectivity index (χ1n) is 15.5. The third-order valence-electron chi connectivity index (χ3n) is 9.15. The lowest BCUT2D eigenvalue weighted by Crippen LogP contribution is -1.98. The summed E-state index contributed by atoms with van der Waals surface area (Å²) < 4.78 is 4.80. The zero-order valence-electron chi connectivity index (χ0n) is 24.9. The number of fused-ring (bicyclic) bond motifs is 6. The van der Waals surface area contributed by atoms with Crippen LogP contribution in [0.5, 0.6) is 0 Å². The van der Waals surface area contributed by atoms with Gasteiger partial charge < -0.3 is 9.13 Å². The fourth-order valence-corrected chi connectivity index (χ4v) is 7.15. The number of aromatic nitrogens is 2. The van der Waals surface area contributed by atoms with E-state index in [2.05, 4.69) is 149 Å². The number of benzene rings is 7. The monoisotopic (exact) mass is 585 g/mol. The Kier molecular flexibility index (Phi) is 5.88. The molecule has 9 aromatic rings. The van der Waals surface area contributed by atoms with E-state index < -0.39 is 0 Å². The van der Waals surface area contributed by atoms with Gasteiger partial charge in [0, 0.05) is 32.8 Å². The molecule has 0 unspecified atom stereocenters. The van der Waals surface area contributed by atoms with Gasteiger partial charge in [0.05, 0.1) is 39.4 Å². The van der Waals surface area contributed by atoms with Gasteiger partial charge in [-0.25, -0.2) is 0 Å². The van der Waals surface area contributed by atoms with Crippen molar-refractivity contribution in [1.29, 1.82) is 5.26 Å². The van der Waals surface area contributed by atoms with Gasteiger partial charge in [-0.1, -0.05) is 109 Å². The first-order valence-corrected chi connectivity index (χ1v) is 15.5. The van der Waals surface area contributed by atoms with Gasteiger partial charge in [0.1, 0.15) is 0 Å². The van der Waals surface area contributed by atoms with Crippen molar-refractivity contribution in [3.63, 3.8) is 0 Å². The molecule has 9 rings (SSSR count). The zero-order valence-corrected chi connectivity index (χ0v) is 24.9. The lowest BCUT2D eigenvalue weighted by molar-refractivity contribution is 1.17. The van der Waals surface area contributed by atoms with Crippen LogP contribution in [-0.4, -0.2) is 9.13 Å². The molecule has 3 heteroatoms. The summed E-state index contributed by atoms with van der Waals surface area (Å²) in [5.41, 5.74) is 11.9. The lowest BCUT2D eigenvalue weighted by atomic mass is 9.92. The minimum atomic E-state index is 0.647. The summed E-state index contributed by atoms with van der Waals surface area (Å²) in [6.45, 7) is 0. The molecule has 2 heterocycles. The molecule has 0 saturated heterocycles. The molecule has 2 aromatic heterocycles. The molecule has 0 saturated carbocycles. The second kappa shape index (κ2) is 10.4. The summed E-state index contributed by atoms with van der Waals surface area (Å²) in [5.74, 6) is 0. The van der Waals surface area contributed by atoms with E-state index >= 15 is 0 Å². The van der Waals surface area contributed by atoms with E-state index in [1.165, 1.54) is 32.6 Å². The maximum atomic E-state index is 9.79. The van der Waals surface area contributed by atoms with Crippen LogP contribution in [0, 0.1) is 11.3 Å². The van der Waals surface area contributed by atoms with Crippen LogP contribution in [0.15, 0.2) is 164 Å². The van der Waals surface area contributed by atoms with Crippen molar-refractivity contribution < 1.29 is 0 Å². The third-order valence-corrected chi connectivity index (χ3v) is 9.15. The van der Waals surface area contributed by atoms with Crippen LogP contribution < -0.4 is 0 Å². The van der Waals surface area contributed by atoms with E-state index in [0.29, 0.717) is 5.56 Å². The van der Waals surface area contributed by atoms with Gasteiger partial charge >= 0.3 is 0 Å². The molecule has 214 valence electrons. The molecule has 0 atom stereocenters. The summed E-state index contributed by atoms with van der Waals surface area (Å²) in [4.78, 5) is 0. The summed E-state index contributed by atoms with van der Waals surface area (Å²) >= 11 is 0. The van der Waals surface area contributed by atoms with Crippen LogP contribution in [0.3, 0.4) is 0 Å². The molecule has 0 radical (unpaired) electrons. The van der Waals surface area contributed by atoms with Crippen molar-refractivity contribution >= 4 is 43.6 Å². The predicted octanol–water partition coefficient (Wildman–Crippen LogP) is 11.1. The van der Waals surface area contributed by atoms with Crippen molar-refractivity contribution in [2.24, 2.45) is 0 Å². The van der Waals surface area contributed by atoms with Gasteiger partial charge in [-0.15, -0.1) is 0 Å². The highest BCUT2D eigenvalue weighted by atomic mass is 15.0. The highest BCUT2D eigenvalue weighted by molar-refractivity contribution is 6.19. The molecule has 3 nitrogen and oxygen atoms in total. The van der Waals surface area contributed by atoms with Gasteiger partial charge in [-0.3, -0.25) is 0 Å². The Bertz CT molecular complexity index is 2630. The van der Waals surface area contributed by atoms with Crippen molar-refractivity contribution in [3.8, 4) is 39.7 Å². The Morgan fingerprint density at radius 3 is 1.65 bits per heavy atom. The van der Waals surface area contributed by atoms with Gasteiger partial charge in [0.15, 0.2) is 0 Å². The average molecular weight is 586 g/mol. The highest BCUT2D eigenvalue weighted by Crippen LogP contribution is 2.42. The van der Waals surface area contributed by atoms with Crippen LogP contribution in [0.25, 0.3) is 77.2 Å². The molecular formula is C43H27N3. The number of hydrogen-bond acceptors (Lipinski definition) is 1. The molecule has 0 spiro atoms. The van der Waals surface area contributed by atoms with Gasteiger partial charge in [0.25, 0.3) is 0 Å². The molecule has 0 aliphatic rings. The molecule has 0 aliphatic heterocycles. The molecule has 46 heavy (non-hydrogen) atoms. The van der Waals surface area contributed by atoms with Gasteiger partial charge in [-0.2, -0.15) is 5.26 Å². The number of para-hydroxylation sites is 4. The fraction of sp³-hybridized carbons (Fsp3) is 0. The quantitative estimate of drug-likeness (QED) is 0.202. The third kappa shape index (κ3) is 3.91. The first kappa shape index (κ1) is 26.1. The standard InChI is InChI=1S/C43H27N3/c44-28-29-23-24-32(36(25-29)30-13-3-1-4-14-30)33-17-7-11-21-40(33)46-41-22-12-9-19-35(41)38-26-42-37(27-43(38)46)34-18-8-10-20-39(34)45(42)31-15-5-2-6-16-31/h1-27H. The van der Waals surface area contributed by atoms with E-state index in [1.807, 2.05) is 30.3 Å². The topological polar surface area (TPSA) is 33.6 Å². The Morgan fingerprint density at radius 1 is 0.391 bits per heavy atom. The smallest absolute Gasteiger partial charge is 0.0991 e. The molecular weight excluding hydrogens is 558 g/mol. The van der Waals surface area contributed by atoms with Crippen molar-refractivity contribution in [2.45, 2.75) is 0 Å². The SMILES string of the molecule is N#Cc1ccc(-c2ccccc2-n2c3ccccc3c3cc4c(cc32)c2ccccc2n4-c2ccccc2)c(-c2ccccc2)c1. The summed E-state index contributed by atoms with van der Waals surface area (Å²) in [6.07, 6.45) is 0. The second-order valence-electron chi connectivity index (χ2n) is 11.7. The predicted molar refractivity (Wildman–Crippen MR) is 191 cm³/mol. The highest BCUT2D eigenvalue weighted by Gasteiger charge is 2.20. The van der Waals surface area contributed by atoms with Crippen LogP contribution in [-0.2, 0) is 0 Å². The normalized spacial score (nSPS) is 11.5. The van der Waals surface area contributed by atoms with Crippen molar-refractivity contribution in [1.82, 2.24) is 9.13 Å². The van der Waals surface area contributed by atoms with Crippen molar-refractivity contribution in [3.05, 3.63) is 169 Å². The van der Waals surface area contributed by atoms with Gasteiger partial charge in [-0.05, 0) is 71.3 Å². The average Bonchev–Trinajstić information content (AvgIpc) is 3.63. The zero-order chi connectivity index (χ0) is 30.6. The van der Waals surface area contributed by atoms with E-state index in [-0.39, 0.29) is 0 Å². The van der Waals surface area contributed by atoms with Crippen LogP contribution in [0.1, 0.15) is 5.56 Å². The Morgan fingerprint density at radius 2 is 0.957 bits per heavy atom. The Balaban J connectivity index is 1.39. The first-order chi connectivity index (χ1) is 22.8. The van der Waals surface area contributed by atoms with Crippen molar-refractivity contribution in [2.75, 3.05) is 0 Å². The van der Waals surface area contributed by atoms with Crippen LogP contribution >= 0.6 is 0 Å². The number of hydrogen-bond donors (Lipinski definition) is 0. The van der Waals surface area contributed by atoms with E-state index in [0.717, 1.165) is 44.7 Å². The van der Waals surface area contributed by atoms with E-state index in [9.17, 15) is 5.26 Å². The lowest BCUT2D eigenvalue weighted by Gasteiger charge is -2.17. The molecule has 0 aliphatic carbocycles. The van der Waals surface area contributed by atoms with E-state index in [1.54, 1.807) is 0 Å². The van der Waals surface area contributed by atoms with Crippen LogP contribution in [0.2, 0.25) is 0 Å². The maximum Gasteiger partial charge on any atom is 0.0991 e. The second-order valence-corrected chi connectivity index (χ2v) is 11.7. The summed E-state index contributed by atoms with van der Waals surface area (Å²) in [6, 6.07) is 60.1. The molecule has 0 N–H and O–H groups in total. The maximum absolute atomic E-state index is 9.79. The molecule has 0 bridgehead atoms. The largest absolute Gasteiger partial charge is 0.309 e. The number of rotatable bonds is 4. The Labute approximate surface area is 266 Å². The van der Waals surface area contributed by atoms with Gasteiger partial charge in [0.2, 0.25) is 0 Å². The minimum Gasteiger partial charge on any atom is -0.309 e. The Hall–Kier alpha value is -6.37.